The minimum atomic E-state index is 0.0249. The number of ether oxygens (including phenoxy) is 1. The Hall–Kier alpha value is -1.72. The number of rotatable bonds is 2. The molecule has 1 aliphatic rings. The van der Waals surface area contributed by atoms with E-state index in [0.29, 0.717) is 0 Å². The minimum absolute atomic E-state index is 0.0249. The molecule has 0 aromatic rings. The topological polar surface area (TPSA) is 78.4 Å². The molecule has 0 aromatic heterocycles. The lowest BCUT2D eigenvalue weighted by Crippen LogP contribution is -2.26. The number of hydrogen-bond acceptors (Lipinski definition) is 5. The van der Waals surface area contributed by atoms with E-state index < -0.39 is 0 Å². The summed E-state index contributed by atoms with van der Waals surface area (Å²) in [7, 11) is 1.37. The summed E-state index contributed by atoms with van der Waals surface area (Å²) in [5, 5.41) is 6.79. The molecule has 0 bridgehead atoms. The quantitative estimate of drug-likeness (QED) is 0.340. The van der Waals surface area contributed by atoms with Gasteiger partial charge in [0.2, 0.25) is 5.84 Å². The molecular weight excluding hydrogens is 150 g/mol. The highest BCUT2D eigenvalue weighted by atomic mass is 16.7. The molecule has 60 valence electrons. The highest BCUT2D eigenvalue weighted by molar-refractivity contribution is 6.37. The van der Waals surface area contributed by atoms with E-state index >= 15 is 0 Å². The van der Waals surface area contributed by atoms with Crippen LogP contribution in [0.4, 0.5) is 0 Å². The first kappa shape index (κ1) is 7.39. The Balaban J connectivity index is 2.60. The van der Waals surface area contributed by atoms with Gasteiger partial charge >= 0.3 is 5.90 Å². The van der Waals surface area contributed by atoms with E-state index in [4.69, 9.17) is 10.5 Å². The monoisotopic (exact) mass is 157 g/mol. The minimum Gasteiger partial charge on any atom is -0.438 e. The fraction of sp³-hybridized carbons (Fsp3) is 0.200. The summed E-state index contributed by atoms with van der Waals surface area (Å²) in [6, 6.07) is 0. The van der Waals surface area contributed by atoms with Crippen molar-refractivity contribution < 1.29 is 14.4 Å². The molecule has 0 amide bonds. The van der Waals surface area contributed by atoms with E-state index in [1.54, 1.807) is 0 Å². The van der Waals surface area contributed by atoms with Gasteiger partial charge in [-0.05, 0) is 5.16 Å². The molecule has 0 radical (unpaired) electrons. The maximum absolute atomic E-state index is 5.31. The van der Waals surface area contributed by atoms with Gasteiger partial charge < -0.3 is 20.1 Å². The van der Waals surface area contributed by atoms with Crippen LogP contribution < -0.4 is 5.73 Å². The molecule has 0 saturated heterocycles. The predicted molar refractivity (Wildman–Crippen MR) is 37.4 cm³/mol. The number of hydrogen-bond donors (Lipinski definition) is 1. The molecular formula is C5H7N3O3. The van der Waals surface area contributed by atoms with Gasteiger partial charge in [-0.3, -0.25) is 0 Å². The average molecular weight is 157 g/mol. The van der Waals surface area contributed by atoms with Gasteiger partial charge in [0.15, 0.2) is 6.26 Å². The first-order valence-corrected chi connectivity index (χ1v) is 2.77. The second-order valence-corrected chi connectivity index (χ2v) is 1.55. The summed E-state index contributed by atoms with van der Waals surface area (Å²) in [5.41, 5.74) is 5.31. The van der Waals surface area contributed by atoms with Crippen molar-refractivity contribution in [2.75, 3.05) is 7.11 Å². The molecule has 0 fully saturated rings. The number of nitrogens with two attached hydrogens (primary N) is 1. The number of nitrogens with zero attached hydrogens (tertiary/aromatic N) is 2. The zero-order valence-corrected chi connectivity index (χ0v) is 5.85. The third-order valence-corrected chi connectivity index (χ3v) is 0.840. The highest BCUT2D eigenvalue weighted by Gasteiger charge is 2.09. The van der Waals surface area contributed by atoms with E-state index in [-0.39, 0.29) is 11.7 Å². The van der Waals surface area contributed by atoms with Crippen molar-refractivity contribution in [3.63, 3.8) is 0 Å². The first-order chi connectivity index (χ1) is 5.34. The van der Waals surface area contributed by atoms with Crippen molar-refractivity contribution in [2.24, 2.45) is 16.0 Å². The molecule has 0 spiro atoms. The fourth-order valence-electron chi connectivity index (χ4n) is 0.461. The number of oxime groups is 2. The van der Waals surface area contributed by atoms with Crippen molar-refractivity contribution in [1.29, 1.82) is 0 Å². The molecule has 1 heterocycles. The van der Waals surface area contributed by atoms with Crippen molar-refractivity contribution >= 4 is 11.7 Å². The van der Waals surface area contributed by atoms with Gasteiger partial charge in [-0.2, -0.15) is 0 Å². The lowest BCUT2D eigenvalue weighted by Gasteiger charge is -2.05. The average Bonchev–Trinajstić information content (AvgIpc) is 2.07. The molecule has 11 heavy (non-hydrogen) atoms. The molecule has 2 N–H and O–H groups in total. The van der Waals surface area contributed by atoms with Crippen LogP contribution >= 0.6 is 0 Å². The Morgan fingerprint density at radius 1 is 1.73 bits per heavy atom. The Morgan fingerprint density at radius 3 is 3.09 bits per heavy atom. The Bertz CT molecular complexity index is 221. The normalized spacial score (nSPS) is 16.5. The second kappa shape index (κ2) is 3.45. The Kier molecular flexibility index (Phi) is 2.32. The van der Waals surface area contributed by atoms with Gasteiger partial charge in [0.25, 0.3) is 0 Å². The maximum Gasteiger partial charge on any atom is 0.302 e. The summed E-state index contributed by atoms with van der Waals surface area (Å²) in [5.74, 6) is 0.103. The van der Waals surface area contributed by atoms with Crippen molar-refractivity contribution in [1.82, 2.24) is 0 Å². The van der Waals surface area contributed by atoms with E-state index in [1.807, 2.05) is 0 Å². The van der Waals surface area contributed by atoms with Crippen molar-refractivity contribution in [2.45, 2.75) is 0 Å². The van der Waals surface area contributed by atoms with Crippen LogP contribution in [0.5, 0.6) is 0 Å². The highest BCUT2D eigenvalue weighted by Crippen LogP contribution is 1.95. The van der Waals surface area contributed by atoms with Crippen LogP contribution in [0.2, 0.25) is 0 Å². The molecule has 0 aromatic carbocycles. The Labute approximate surface area is 62.9 Å². The van der Waals surface area contributed by atoms with E-state index in [1.165, 1.54) is 19.6 Å². The third kappa shape index (κ3) is 1.85. The summed E-state index contributed by atoms with van der Waals surface area (Å²) in [6.45, 7) is 0. The smallest absolute Gasteiger partial charge is 0.302 e. The fourth-order valence-corrected chi connectivity index (χ4v) is 0.461. The summed E-state index contributed by atoms with van der Waals surface area (Å²) in [4.78, 5) is 8.89. The van der Waals surface area contributed by atoms with Gasteiger partial charge in [0.05, 0.1) is 0 Å². The van der Waals surface area contributed by atoms with Crippen LogP contribution in [-0.4, -0.2) is 18.8 Å². The predicted octanol–water partition coefficient (Wildman–Crippen LogP) is -0.263. The molecule has 6 nitrogen and oxygen atoms in total. The van der Waals surface area contributed by atoms with Crippen LogP contribution in [0.3, 0.4) is 0 Å². The first-order valence-electron chi connectivity index (χ1n) is 2.77. The summed E-state index contributed by atoms with van der Waals surface area (Å²) < 4.78 is 4.80. The zero-order chi connectivity index (χ0) is 8.10. The molecule has 0 aliphatic carbocycles. The van der Waals surface area contributed by atoms with E-state index in [0.717, 1.165) is 0 Å². The summed E-state index contributed by atoms with van der Waals surface area (Å²) in [6.07, 6.45) is 2.56. The Morgan fingerprint density at radius 2 is 2.55 bits per heavy atom. The maximum atomic E-state index is 5.31. The van der Waals surface area contributed by atoms with Crippen molar-refractivity contribution in [3.05, 3.63) is 12.5 Å². The molecule has 0 saturated carbocycles. The van der Waals surface area contributed by atoms with E-state index in [9.17, 15) is 0 Å². The van der Waals surface area contributed by atoms with Crippen LogP contribution in [-0.2, 0) is 14.4 Å². The largest absolute Gasteiger partial charge is 0.438 e. The standard InChI is InChI=1S/C5H7N3O3/c1-9-7-4(6)5-8-11-3-2-10-5/h2-3H,1H3,(H2,6,7). The van der Waals surface area contributed by atoms with Crippen LogP contribution in [0, 0.1) is 0 Å². The lowest BCUT2D eigenvalue weighted by atomic mass is 10.6. The number of amidine groups is 1. The van der Waals surface area contributed by atoms with Gasteiger partial charge in [-0.15, -0.1) is 0 Å². The molecule has 1 aliphatic heterocycles. The van der Waals surface area contributed by atoms with Gasteiger partial charge in [0, 0.05) is 0 Å². The molecule has 6 heteroatoms. The molecule has 0 atom stereocenters. The van der Waals surface area contributed by atoms with Crippen LogP contribution in [0.15, 0.2) is 22.8 Å². The third-order valence-electron chi connectivity index (χ3n) is 0.840. The van der Waals surface area contributed by atoms with Gasteiger partial charge in [-0.25, -0.2) is 0 Å². The SMILES string of the molecule is CO/N=C(\N)C1=NOC=CO1. The summed E-state index contributed by atoms with van der Waals surface area (Å²) >= 11 is 0. The lowest BCUT2D eigenvalue weighted by molar-refractivity contribution is 0.208. The van der Waals surface area contributed by atoms with Gasteiger partial charge in [-0.1, -0.05) is 5.16 Å². The molecule has 1 rings (SSSR count). The van der Waals surface area contributed by atoms with Crippen LogP contribution in [0.25, 0.3) is 0 Å². The second-order valence-electron chi connectivity index (χ2n) is 1.55. The van der Waals surface area contributed by atoms with E-state index in [2.05, 4.69) is 20.0 Å². The van der Waals surface area contributed by atoms with Gasteiger partial charge in [0.1, 0.15) is 13.4 Å². The zero-order valence-electron chi connectivity index (χ0n) is 5.85. The van der Waals surface area contributed by atoms with Crippen molar-refractivity contribution in [3.8, 4) is 0 Å². The van der Waals surface area contributed by atoms with Crippen LogP contribution in [0.1, 0.15) is 0 Å². The molecule has 0 unspecified atom stereocenters.